The van der Waals surface area contributed by atoms with Crippen LogP contribution in [-0.2, 0) is 0 Å². The van der Waals surface area contributed by atoms with Crippen LogP contribution in [0.3, 0.4) is 0 Å². The fourth-order valence-electron chi connectivity index (χ4n) is 2.68. The lowest BCUT2D eigenvalue weighted by atomic mass is 10.2. The molecule has 0 radical (unpaired) electrons. The van der Waals surface area contributed by atoms with Gasteiger partial charge in [0.25, 0.3) is 5.91 Å². The van der Waals surface area contributed by atoms with Crippen LogP contribution in [-0.4, -0.2) is 53.4 Å². The van der Waals surface area contributed by atoms with Gasteiger partial charge in [-0.05, 0) is 26.1 Å². The van der Waals surface area contributed by atoms with Crippen molar-refractivity contribution in [3.8, 4) is 0 Å². The quantitative estimate of drug-likeness (QED) is 0.867. The minimum absolute atomic E-state index is 0.0334. The third kappa shape index (κ3) is 2.14. The van der Waals surface area contributed by atoms with E-state index in [4.69, 9.17) is 5.73 Å². The first-order chi connectivity index (χ1) is 9.58. The van der Waals surface area contributed by atoms with Crippen LogP contribution in [0.1, 0.15) is 16.6 Å². The lowest BCUT2D eigenvalue weighted by Crippen LogP contribution is -2.52. The van der Waals surface area contributed by atoms with E-state index < -0.39 is 0 Å². The van der Waals surface area contributed by atoms with E-state index in [0.717, 1.165) is 29.9 Å². The number of nitrogen functional groups attached to an aromatic ring is 1. The summed E-state index contributed by atoms with van der Waals surface area (Å²) in [6, 6.07) is 4.03. The summed E-state index contributed by atoms with van der Waals surface area (Å²) in [5.74, 6) is 0.0334. The number of anilines is 1. The maximum absolute atomic E-state index is 12.7. The molecule has 2 aromatic heterocycles. The maximum Gasteiger partial charge on any atom is 0.266 e. The highest BCUT2D eigenvalue weighted by molar-refractivity contribution is 7.21. The number of hydrogen-bond acceptors (Lipinski definition) is 5. The summed E-state index contributed by atoms with van der Waals surface area (Å²) in [4.78, 5) is 21.8. The van der Waals surface area contributed by atoms with Gasteiger partial charge in [-0.2, -0.15) is 0 Å². The fourth-order valence-corrected chi connectivity index (χ4v) is 3.72. The summed E-state index contributed by atoms with van der Waals surface area (Å²) in [6.45, 7) is 4.63. The van der Waals surface area contributed by atoms with Crippen LogP contribution in [0.25, 0.3) is 10.2 Å². The molecule has 0 saturated carbocycles. The third-order valence-electron chi connectivity index (χ3n) is 3.77. The zero-order valence-corrected chi connectivity index (χ0v) is 12.5. The van der Waals surface area contributed by atoms with Crippen LogP contribution < -0.4 is 5.73 Å². The average Bonchev–Trinajstić information content (AvgIpc) is 2.76. The number of pyridine rings is 1. The van der Waals surface area contributed by atoms with Crippen LogP contribution in [0.2, 0.25) is 0 Å². The van der Waals surface area contributed by atoms with Gasteiger partial charge in [-0.3, -0.25) is 9.78 Å². The topological polar surface area (TPSA) is 62.5 Å². The molecule has 20 heavy (non-hydrogen) atoms. The van der Waals surface area contributed by atoms with Crippen molar-refractivity contribution >= 4 is 33.1 Å². The molecule has 106 valence electrons. The van der Waals surface area contributed by atoms with Crippen molar-refractivity contribution in [2.45, 2.75) is 13.0 Å². The second-order valence-electron chi connectivity index (χ2n) is 5.30. The van der Waals surface area contributed by atoms with Crippen molar-refractivity contribution in [2.24, 2.45) is 0 Å². The minimum Gasteiger partial charge on any atom is -0.396 e. The number of amides is 1. The van der Waals surface area contributed by atoms with Gasteiger partial charge in [-0.25, -0.2) is 0 Å². The summed E-state index contributed by atoms with van der Waals surface area (Å²) >= 11 is 1.44. The van der Waals surface area contributed by atoms with E-state index in [1.807, 2.05) is 17.0 Å². The van der Waals surface area contributed by atoms with Crippen molar-refractivity contribution < 1.29 is 4.79 Å². The standard InChI is InChI=1S/C14H18N4OS/c1-9-8-17(2)6-7-18(9)14(19)13-11(15)12-10(20-13)4-3-5-16-12/h3-5,9H,6-8,15H2,1-2H3. The zero-order chi connectivity index (χ0) is 14.3. The van der Waals surface area contributed by atoms with Crippen LogP contribution in [0.4, 0.5) is 5.69 Å². The Morgan fingerprint density at radius 2 is 2.30 bits per heavy atom. The van der Waals surface area contributed by atoms with Gasteiger partial charge in [0.2, 0.25) is 0 Å². The molecule has 1 fully saturated rings. The first-order valence-electron chi connectivity index (χ1n) is 6.70. The Morgan fingerprint density at radius 3 is 3.00 bits per heavy atom. The van der Waals surface area contributed by atoms with E-state index in [-0.39, 0.29) is 11.9 Å². The predicted octanol–water partition coefficient (Wildman–Crippen LogP) is 1.65. The molecule has 0 aromatic carbocycles. The number of carbonyl (C=O) groups excluding carboxylic acids is 1. The molecule has 5 nitrogen and oxygen atoms in total. The molecule has 6 heteroatoms. The smallest absolute Gasteiger partial charge is 0.266 e. The number of rotatable bonds is 1. The number of aromatic nitrogens is 1. The second-order valence-corrected chi connectivity index (χ2v) is 6.36. The summed E-state index contributed by atoms with van der Waals surface area (Å²) in [6.07, 6.45) is 1.71. The Kier molecular flexibility index (Phi) is 3.35. The van der Waals surface area contributed by atoms with E-state index in [9.17, 15) is 4.79 Å². The lowest BCUT2D eigenvalue weighted by molar-refractivity contribution is 0.0539. The van der Waals surface area contributed by atoms with Crippen LogP contribution in [0.5, 0.6) is 0 Å². The van der Waals surface area contributed by atoms with Crippen molar-refractivity contribution in [3.63, 3.8) is 0 Å². The van der Waals surface area contributed by atoms with Gasteiger partial charge in [-0.15, -0.1) is 11.3 Å². The molecule has 0 aliphatic carbocycles. The Hall–Kier alpha value is -1.66. The Balaban J connectivity index is 1.94. The normalized spacial score (nSPS) is 20.5. The monoisotopic (exact) mass is 290 g/mol. The van der Waals surface area contributed by atoms with E-state index in [1.165, 1.54) is 11.3 Å². The van der Waals surface area contributed by atoms with Crippen LogP contribution in [0.15, 0.2) is 18.3 Å². The number of piperazine rings is 1. The molecule has 3 heterocycles. The van der Waals surface area contributed by atoms with E-state index in [0.29, 0.717) is 10.6 Å². The molecule has 1 saturated heterocycles. The van der Waals surface area contributed by atoms with Gasteiger partial charge < -0.3 is 15.5 Å². The highest BCUT2D eigenvalue weighted by atomic mass is 32.1. The maximum atomic E-state index is 12.7. The number of likely N-dealkylation sites (N-methyl/N-ethyl adjacent to an activating group) is 1. The molecule has 1 unspecified atom stereocenters. The Labute approximate surface area is 122 Å². The first kappa shape index (κ1) is 13.3. The number of carbonyl (C=O) groups is 1. The van der Waals surface area contributed by atoms with Crippen molar-refractivity contribution in [3.05, 3.63) is 23.2 Å². The molecule has 2 aromatic rings. The predicted molar refractivity (Wildman–Crippen MR) is 82.0 cm³/mol. The van der Waals surface area contributed by atoms with Gasteiger partial charge in [0, 0.05) is 31.9 Å². The highest BCUT2D eigenvalue weighted by Crippen LogP contribution is 2.33. The zero-order valence-electron chi connectivity index (χ0n) is 11.7. The molecule has 1 amide bonds. The number of nitrogens with zero attached hydrogens (tertiary/aromatic N) is 3. The van der Waals surface area contributed by atoms with Gasteiger partial charge in [-0.1, -0.05) is 0 Å². The number of fused-ring (bicyclic) bond motifs is 1. The third-order valence-corrected chi connectivity index (χ3v) is 4.92. The average molecular weight is 290 g/mol. The fraction of sp³-hybridized carbons (Fsp3) is 0.429. The van der Waals surface area contributed by atoms with Gasteiger partial charge in [0.15, 0.2) is 0 Å². The van der Waals surface area contributed by atoms with Crippen molar-refractivity contribution in [1.82, 2.24) is 14.8 Å². The molecule has 2 N–H and O–H groups in total. The molecular formula is C14H18N4OS. The molecule has 1 aliphatic rings. The highest BCUT2D eigenvalue weighted by Gasteiger charge is 2.29. The Bertz CT molecular complexity index is 654. The van der Waals surface area contributed by atoms with Gasteiger partial charge >= 0.3 is 0 Å². The first-order valence-corrected chi connectivity index (χ1v) is 7.52. The van der Waals surface area contributed by atoms with E-state index >= 15 is 0 Å². The second kappa shape index (κ2) is 5.03. The minimum atomic E-state index is 0.0334. The molecule has 1 aliphatic heterocycles. The van der Waals surface area contributed by atoms with Gasteiger partial charge in [0.05, 0.1) is 10.4 Å². The Morgan fingerprint density at radius 1 is 1.50 bits per heavy atom. The summed E-state index contributed by atoms with van der Waals surface area (Å²) in [7, 11) is 2.08. The van der Waals surface area contributed by atoms with Crippen molar-refractivity contribution in [1.29, 1.82) is 0 Å². The molecular weight excluding hydrogens is 272 g/mol. The molecule has 0 spiro atoms. The summed E-state index contributed by atoms with van der Waals surface area (Å²) in [5, 5.41) is 0. The van der Waals surface area contributed by atoms with E-state index in [1.54, 1.807) is 6.20 Å². The van der Waals surface area contributed by atoms with Crippen LogP contribution in [0, 0.1) is 0 Å². The van der Waals surface area contributed by atoms with E-state index in [2.05, 4.69) is 23.9 Å². The number of thiophene rings is 1. The summed E-state index contributed by atoms with van der Waals surface area (Å²) < 4.78 is 0.968. The molecule has 3 rings (SSSR count). The van der Waals surface area contributed by atoms with Crippen molar-refractivity contribution in [2.75, 3.05) is 32.4 Å². The number of nitrogens with two attached hydrogens (primary N) is 1. The summed E-state index contributed by atoms with van der Waals surface area (Å²) in [5.41, 5.74) is 7.36. The largest absolute Gasteiger partial charge is 0.396 e. The SMILES string of the molecule is CC1CN(C)CCN1C(=O)c1sc2cccnc2c1N. The van der Waals surface area contributed by atoms with Crippen LogP contribution >= 0.6 is 11.3 Å². The lowest BCUT2D eigenvalue weighted by Gasteiger charge is -2.38. The molecule has 0 bridgehead atoms. The van der Waals surface area contributed by atoms with Gasteiger partial charge in [0.1, 0.15) is 10.4 Å². The number of hydrogen-bond donors (Lipinski definition) is 1. The molecule has 1 atom stereocenters.